The van der Waals surface area contributed by atoms with Crippen molar-refractivity contribution in [3.05, 3.63) is 70.7 Å². The van der Waals surface area contributed by atoms with E-state index in [2.05, 4.69) is 36.5 Å². The van der Waals surface area contributed by atoms with E-state index >= 15 is 0 Å². The van der Waals surface area contributed by atoms with E-state index in [0.29, 0.717) is 18.3 Å². The molecular formula is C25H28N4O3. The van der Waals surface area contributed by atoms with Gasteiger partial charge in [-0.05, 0) is 56.0 Å². The van der Waals surface area contributed by atoms with Crippen LogP contribution in [0, 0.1) is 13.8 Å². The summed E-state index contributed by atoms with van der Waals surface area (Å²) in [7, 11) is 1.62. The van der Waals surface area contributed by atoms with E-state index in [1.807, 2.05) is 44.2 Å². The van der Waals surface area contributed by atoms with Gasteiger partial charge in [-0.3, -0.25) is 4.90 Å². The highest BCUT2D eigenvalue weighted by atomic mass is 16.5. The topological polar surface area (TPSA) is 80.5 Å². The maximum Gasteiger partial charge on any atom is 0.322 e. The quantitative estimate of drug-likeness (QED) is 0.574. The van der Waals surface area contributed by atoms with E-state index in [4.69, 9.17) is 14.2 Å². The van der Waals surface area contributed by atoms with Crippen LogP contribution >= 0.6 is 0 Å². The molecule has 1 aliphatic heterocycles. The maximum atomic E-state index is 12.9. The van der Waals surface area contributed by atoms with Crippen LogP contribution in [0.1, 0.15) is 48.9 Å². The van der Waals surface area contributed by atoms with Gasteiger partial charge in [0.15, 0.2) is 0 Å². The number of ether oxygens (including phenoxy) is 1. The molecule has 3 aromatic rings. The number of carbonyl (C=O) groups excluding carboxylic acids is 1. The summed E-state index contributed by atoms with van der Waals surface area (Å²) in [4.78, 5) is 19.3. The zero-order valence-corrected chi connectivity index (χ0v) is 19.1. The Morgan fingerprint density at radius 3 is 2.66 bits per heavy atom. The van der Waals surface area contributed by atoms with Crippen molar-refractivity contribution in [3.8, 4) is 17.1 Å². The van der Waals surface area contributed by atoms with E-state index < -0.39 is 0 Å². The number of urea groups is 1. The lowest BCUT2D eigenvalue weighted by Crippen LogP contribution is -2.46. The molecule has 0 spiro atoms. The third-order valence-corrected chi connectivity index (χ3v) is 5.89. The zero-order chi connectivity index (χ0) is 22.8. The first kappa shape index (κ1) is 21.6. The lowest BCUT2D eigenvalue weighted by atomic mass is 9.92. The van der Waals surface area contributed by atoms with Gasteiger partial charge in [-0.25, -0.2) is 4.79 Å². The first-order valence-electron chi connectivity index (χ1n) is 10.8. The van der Waals surface area contributed by atoms with Gasteiger partial charge < -0.3 is 14.6 Å². The van der Waals surface area contributed by atoms with Crippen LogP contribution in [0.25, 0.3) is 17.0 Å². The molecule has 4 rings (SSSR count). The Bertz CT molecular complexity index is 1180. The highest BCUT2D eigenvalue weighted by Gasteiger charge is 2.35. The average Bonchev–Trinajstić information content (AvgIpc) is 3.28. The number of methoxy groups -OCH3 is 1. The fourth-order valence-electron chi connectivity index (χ4n) is 3.96. The number of nitrogens with zero attached hydrogens (tertiary/aromatic N) is 3. The number of aryl methyl sites for hydroxylation is 2. The second-order valence-corrected chi connectivity index (χ2v) is 8.03. The molecule has 1 aliphatic rings. The Kier molecular flexibility index (Phi) is 5.99. The molecule has 1 atom stereocenters. The number of hydrogen-bond acceptors (Lipinski definition) is 5. The first-order valence-corrected chi connectivity index (χ1v) is 10.8. The Balaban J connectivity index is 1.82. The lowest BCUT2D eigenvalue weighted by Gasteiger charge is -2.35. The second-order valence-electron chi connectivity index (χ2n) is 8.03. The third kappa shape index (κ3) is 3.98. The summed E-state index contributed by atoms with van der Waals surface area (Å²) in [5.41, 5.74) is 5.76. The number of hydrogen-bond donors (Lipinski definition) is 1. The summed E-state index contributed by atoms with van der Waals surface area (Å²) < 4.78 is 11.0. The number of benzene rings is 2. The summed E-state index contributed by atoms with van der Waals surface area (Å²) in [6, 6.07) is 13.2. The van der Waals surface area contributed by atoms with Crippen molar-refractivity contribution in [2.45, 2.75) is 40.2 Å². The number of carbonyl (C=O) groups is 1. The molecule has 0 saturated carbocycles. The van der Waals surface area contributed by atoms with E-state index in [9.17, 15) is 4.79 Å². The number of amides is 2. The fourth-order valence-corrected chi connectivity index (χ4v) is 3.96. The van der Waals surface area contributed by atoms with E-state index in [1.165, 1.54) is 5.56 Å². The first-order chi connectivity index (χ1) is 15.4. The minimum atomic E-state index is -0.381. The van der Waals surface area contributed by atoms with Gasteiger partial charge in [0, 0.05) is 17.8 Å². The van der Waals surface area contributed by atoms with Crippen LogP contribution < -0.4 is 10.1 Å². The number of rotatable bonds is 6. The average molecular weight is 433 g/mol. The van der Waals surface area contributed by atoms with E-state index in [0.717, 1.165) is 40.1 Å². The summed E-state index contributed by atoms with van der Waals surface area (Å²) in [6.45, 7) is 8.73. The molecule has 0 fully saturated rings. The van der Waals surface area contributed by atoms with Crippen LogP contribution in [-0.4, -0.2) is 34.7 Å². The third-order valence-electron chi connectivity index (χ3n) is 5.89. The predicted octanol–water partition coefficient (Wildman–Crippen LogP) is 5.27. The molecule has 7 heteroatoms. The molecule has 7 nitrogen and oxygen atoms in total. The van der Waals surface area contributed by atoms with Crippen LogP contribution in [0.2, 0.25) is 0 Å². The van der Waals surface area contributed by atoms with Crippen LogP contribution in [0.15, 0.2) is 52.7 Å². The minimum absolute atomic E-state index is 0.121. The summed E-state index contributed by atoms with van der Waals surface area (Å²) in [5.74, 6) is 1.58. The minimum Gasteiger partial charge on any atom is -0.497 e. The van der Waals surface area contributed by atoms with Gasteiger partial charge >= 0.3 is 6.03 Å². The van der Waals surface area contributed by atoms with Crippen molar-refractivity contribution >= 4 is 11.6 Å². The molecule has 0 saturated heterocycles. The molecule has 32 heavy (non-hydrogen) atoms. The Morgan fingerprint density at radius 2 is 1.94 bits per heavy atom. The van der Waals surface area contributed by atoms with Crippen molar-refractivity contribution in [1.29, 1.82) is 0 Å². The van der Waals surface area contributed by atoms with Crippen LogP contribution in [0.5, 0.6) is 5.75 Å². The van der Waals surface area contributed by atoms with E-state index in [1.54, 1.807) is 12.0 Å². The molecular weight excluding hydrogens is 404 g/mol. The SMILES string of the molecule is CCCN1C(=O)NC(c2ccc(C)c(C)c2)C(c2nc(-c3cccc(OC)c3)no2)=C1C. The normalized spacial score (nSPS) is 16.3. The molecule has 1 aromatic heterocycles. The molecule has 1 N–H and O–H groups in total. The van der Waals surface area contributed by atoms with Crippen LogP contribution in [0.3, 0.4) is 0 Å². The van der Waals surface area contributed by atoms with Crippen LogP contribution in [0.4, 0.5) is 4.79 Å². The van der Waals surface area contributed by atoms with Gasteiger partial charge in [0.2, 0.25) is 5.82 Å². The van der Waals surface area contributed by atoms with Crippen molar-refractivity contribution in [2.24, 2.45) is 0 Å². The highest BCUT2D eigenvalue weighted by Crippen LogP contribution is 2.38. The monoisotopic (exact) mass is 432 g/mol. The largest absolute Gasteiger partial charge is 0.497 e. The number of allylic oxidation sites excluding steroid dienone is 1. The van der Waals surface area contributed by atoms with Crippen LogP contribution in [-0.2, 0) is 0 Å². The number of nitrogens with one attached hydrogen (secondary N) is 1. The molecule has 0 radical (unpaired) electrons. The van der Waals surface area contributed by atoms with E-state index in [-0.39, 0.29) is 12.1 Å². The Labute approximate surface area is 188 Å². The predicted molar refractivity (Wildman–Crippen MR) is 123 cm³/mol. The molecule has 2 heterocycles. The summed E-state index contributed by atoms with van der Waals surface area (Å²) in [6.07, 6.45) is 0.839. The van der Waals surface area contributed by atoms with Gasteiger partial charge in [0.05, 0.1) is 18.7 Å². The molecule has 166 valence electrons. The van der Waals surface area contributed by atoms with Crippen molar-refractivity contribution in [2.75, 3.05) is 13.7 Å². The molecule has 0 aliphatic carbocycles. The Hall–Kier alpha value is -3.61. The smallest absolute Gasteiger partial charge is 0.322 e. The molecule has 2 amide bonds. The van der Waals surface area contributed by atoms with Gasteiger partial charge in [0.1, 0.15) is 5.75 Å². The van der Waals surface area contributed by atoms with Gasteiger partial charge in [-0.15, -0.1) is 0 Å². The van der Waals surface area contributed by atoms with Gasteiger partial charge in [-0.2, -0.15) is 4.98 Å². The summed E-state index contributed by atoms with van der Waals surface area (Å²) >= 11 is 0. The van der Waals surface area contributed by atoms with Crippen molar-refractivity contribution in [3.63, 3.8) is 0 Å². The Morgan fingerprint density at radius 1 is 1.12 bits per heavy atom. The lowest BCUT2D eigenvalue weighted by molar-refractivity contribution is 0.205. The van der Waals surface area contributed by atoms with Gasteiger partial charge in [0.25, 0.3) is 5.89 Å². The molecule has 2 aromatic carbocycles. The number of aromatic nitrogens is 2. The second kappa shape index (κ2) is 8.86. The van der Waals surface area contributed by atoms with Crippen molar-refractivity contribution < 1.29 is 14.1 Å². The summed E-state index contributed by atoms with van der Waals surface area (Å²) in [5, 5.41) is 7.36. The highest BCUT2D eigenvalue weighted by molar-refractivity contribution is 5.87. The fraction of sp³-hybridized carbons (Fsp3) is 0.320. The zero-order valence-electron chi connectivity index (χ0n) is 19.1. The van der Waals surface area contributed by atoms with Crippen molar-refractivity contribution in [1.82, 2.24) is 20.4 Å². The van der Waals surface area contributed by atoms with Gasteiger partial charge in [-0.1, -0.05) is 42.4 Å². The molecule has 1 unspecified atom stereocenters. The standard InChI is InChI=1S/C25H28N4O3/c1-6-12-29-17(4)21(22(26-25(29)30)18-11-10-15(2)16(3)13-18)24-27-23(28-32-24)19-8-7-9-20(14-19)31-5/h7-11,13-14,22H,6,12H2,1-5H3,(H,26,30). The molecule has 0 bridgehead atoms. The maximum absolute atomic E-state index is 12.9.